The average molecular weight is 234 g/mol. The molecule has 0 fully saturated rings. The lowest BCUT2D eigenvalue weighted by Gasteiger charge is -2.06. The zero-order valence-electron chi connectivity index (χ0n) is 6.60. The molecule has 0 amide bonds. The normalized spacial score (nSPS) is 9.92. The number of hydrogen-bond acceptors (Lipinski definition) is 2. The average Bonchev–Trinajstić information content (AvgIpc) is 2.01. The zero-order valence-corrected chi connectivity index (χ0v) is 8.19. The van der Waals surface area contributed by atoms with E-state index in [2.05, 4.69) is 15.9 Å². The molecule has 0 aliphatic rings. The summed E-state index contributed by atoms with van der Waals surface area (Å²) in [4.78, 5) is 0. The van der Waals surface area contributed by atoms with Gasteiger partial charge in [0.25, 0.3) is 0 Å². The molecule has 0 aliphatic carbocycles. The summed E-state index contributed by atoms with van der Waals surface area (Å²) in [6, 6.07) is 2.75. The van der Waals surface area contributed by atoms with Gasteiger partial charge in [-0.1, -0.05) is 0 Å². The van der Waals surface area contributed by atoms with Crippen LogP contribution in [0.25, 0.3) is 0 Å². The second-order valence-electron chi connectivity index (χ2n) is 2.24. The van der Waals surface area contributed by atoms with E-state index in [0.717, 1.165) is 0 Å². The predicted molar refractivity (Wildman–Crippen MR) is 49.7 cm³/mol. The van der Waals surface area contributed by atoms with Crippen molar-refractivity contribution >= 4 is 21.6 Å². The van der Waals surface area contributed by atoms with Crippen LogP contribution >= 0.6 is 15.9 Å². The Kier molecular flexibility index (Phi) is 2.92. The fraction of sp³-hybridized carbons (Fsp3) is 0.250. The van der Waals surface area contributed by atoms with Gasteiger partial charge in [0.15, 0.2) is 11.6 Å². The number of anilines is 1. The maximum Gasteiger partial charge on any atom is 0.166 e. The summed E-state index contributed by atoms with van der Waals surface area (Å²) >= 11 is 3.11. The molecule has 1 aromatic carbocycles. The summed E-state index contributed by atoms with van der Waals surface area (Å²) in [6.45, 7) is 2.22. The minimum absolute atomic E-state index is 0.193. The van der Waals surface area contributed by atoms with E-state index in [9.17, 15) is 4.39 Å². The summed E-state index contributed by atoms with van der Waals surface area (Å²) in [5, 5.41) is 0. The van der Waals surface area contributed by atoms with Crippen LogP contribution in [0.3, 0.4) is 0 Å². The van der Waals surface area contributed by atoms with E-state index >= 15 is 0 Å². The maximum atomic E-state index is 13.0. The van der Waals surface area contributed by atoms with Crippen LogP contribution in [-0.2, 0) is 0 Å². The molecular formula is C8H9BrFNO. The zero-order chi connectivity index (χ0) is 9.14. The molecule has 0 saturated carbocycles. The topological polar surface area (TPSA) is 35.2 Å². The van der Waals surface area contributed by atoms with Crippen LogP contribution < -0.4 is 10.5 Å². The van der Waals surface area contributed by atoms with Gasteiger partial charge >= 0.3 is 0 Å². The molecule has 0 spiro atoms. The minimum Gasteiger partial charge on any atom is -0.491 e. The van der Waals surface area contributed by atoms with Crippen molar-refractivity contribution in [1.82, 2.24) is 0 Å². The first-order valence-electron chi connectivity index (χ1n) is 3.52. The molecule has 1 aromatic rings. The highest BCUT2D eigenvalue weighted by Gasteiger charge is 2.06. The van der Waals surface area contributed by atoms with E-state index in [0.29, 0.717) is 16.8 Å². The van der Waals surface area contributed by atoms with Crippen molar-refractivity contribution in [2.24, 2.45) is 0 Å². The third kappa shape index (κ3) is 1.88. The highest BCUT2D eigenvalue weighted by atomic mass is 79.9. The molecule has 0 saturated heterocycles. The quantitative estimate of drug-likeness (QED) is 0.798. The predicted octanol–water partition coefficient (Wildman–Crippen LogP) is 2.57. The first-order chi connectivity index (χ1) is 5.65. The molecule has 4 heteroatoms. The largest absolute Gasteiger partial charge is 0.491 e. The van der Waals surface area contributed by atoms with Crippen LogP contribution in [0.4, 0.5) is 10.1 Å². The van der Waals surface area contributed by atoms with Gasteiger partial charge in [0.2, 0.25) is 0 Å². The van der Waals surface area contributed by atoms with Crippen LogP contribution in [0, 0.1) is 5.82 Å². The molecule has 0 aliphatic heterocycles. The fourth-order valence-electron chi connectivity index (χ4n) is 0.811. The van der Waals surface area contributed by atoms with Crippen molar-refractivity contribution < 1.29 is 9.13 Å². The molecule has 2 nitrogen and oxygen atoms in total. The number of benzene rings is 1. The van der Waals surface area contributed by atoms with E-state index < -0.39 is 5.82 Å². The highest BCUT2D eigenvalue weighted by Crippen LogP contribution is 2.27. The van der Waals surface area contributed by atoms with Gasteiger partial charge in [-0.2, -0.15) is 0 Å². The van der Waals surface area contributed by atoms with Crippen molar-refractivity contribution in [3.63, 3.8) is 0 Å². The smallest absolute Gasteiger partial charge is 0.166 e. The molecular weight excluding hydrogens is 225 g/mol. The Hall–Kier alpha value is -0.770. The Morgan fingerprint density at radius 3 is 2.83 bits per heavy atom. The number of ether oxygens (including phenoxy) is 1. The Morgan fingerprint density at radius 2 is 2.25 bits per heavy atom. The van der Waals surface area contributed by atoms with Gasteiger partial charge in [-0.3, -0.25) is 0 Å². The number of hydrogen-bond donors (Lipinski definition) is 1. The molecule has 0 atom stereocenters. The SMILES string of the molecule is CCOc1cc(N)c(Br)cc1F. The molecule has 0 unspecified atom stereocenters. The Morgan fingerprint density at radius 1 is 1.58 bits per heavy atom. The van der Waals surface area contributed by atoms with Gasteiger partial charge < -0.3 is 10.5 Å². The molecule has 1 rings (SSSR count). The summed E-state index contributed by atoms with van der Waals surface area (Å²) in [7, 11) is 0. The molecule has 66 valence electrons. The Labute approximate surface area is 78.6 Å². The van der Waals surface area contributed by atoms with Crippen molar-refractivity contribution in [2.45, 2.75) is 6.92 Å². The Bertz CT molecular complexity index is 291. The van der Waals surface area contributed by atoms with Crippen molar-refractivity contribution in [3.8, 4) is 5.75 Å². The highest BCUT2D eigenvalue weighted by molar-refractivity contribution is 9.10. The van der Waals surface area contributed by atoms with Gasteiger partial charge in [0, 0.05) is 16.2 Å². The number of rotatable bonds is 2. The van der Waals surface area contributed by atoms with Crippen LogP contribution in [0.2, 0.25) is 0 Å². The lowest BCUT2D eigenvalue weighted by molar-refractivity contribution is 0.321. The van der Waals surface area contributed by atoms with Crippen molar-refractivity contribution in [2.75, 3.05) is 12.3 Å². The van der Waals surface area contributed by atoms with Gasteiger partial charge in [0.05, 0.1) is 6.61 Å². The van der Waals surface area contributed by atoms with Crippen LogP contribution in [0.15, 0.2) is 16.6 Å². The summed E-state index contributed by atoms with van der Waals surface area (Å²) in [5.41, 5.74) is 6.00. The van der Waals surface area contributed by atoms with E-state index in [1.165, 1.54) is 12.1 Å². The number of halogens is 2. The monoisotopic (exact) mass is 233 g/mol. The van der Waals surface area contributed by atoms with Crippen LogP contribution in [0.1, 0.15) is 6.92 Å². The van der Waals surface area contributed by atoms with Gasteiger partial charge in [-0.15, -0.1) is 0 Å². The van der Waals surface area contributed by atoms with Gasteiger partial charge in [-0.25, -0.2) is 4.39 Å². The number of nitrogens with two attached hydrogens (primary N) is 1. The summed E-state index contributed by atoms with van der Waals surface area (Å²) in [5.74, 6) is -0.212. The minimum atomic E-state index is -0.405. The van der Waals surface area contributed by atoms with E-state index in [4.69, 9.17) is 10.5 Å². The van der Waals surface area contributed by atoms with Crippen LogP contribution in [0.5, 0.6) is 5.75 Å². The molecule has 12 heavy (non-hydrogen) atoms. The lowest BCUT2D eigenvalue weighted by Crippen LogP contribution is -1.96. The molecule has 0 radical (unpaired) electrons. The molecule has 2 N–H and O–H groups in total. The molecule has 0 bridgehead atoms. The van der Waals surface area contributed by atoms with Crippen LogP contribution in [-0.4, -0.2) is 6.61 Å². The fourth-order valence-corrected chi connectivity index (χ4v) is 1.13. The standard InChI is InChI=1S/C8H9BrFNO/c1-2-12-8-4-7(11)5(9)3-6(8)10/h3-4H,2,11H2,1H3. The van der Waals surface area contributed by atoms with E-state index in [-0.39, 0.29) is 5.75 Å². The third-order valence-electron chi connectivity index (χ3n) is 1.35. The lowest BCUT2D eigenvalue weighted by atomic mass is 10.3. The Balaban J connectivity index is 3.05. The second-order valence-corrected chi connectivity index (χ2v) is 3.09. The molecule has 0 aromatic heterocycles. The maximum absolute atomic E-state index is 13.0. The van der Waals surface area contributed by atoms with Gasteiger partial charge in [-0.05, 0) is 28.9 Å². The van der Waals surface area contributed by atoms with Crippen molar-refractivity contribution in [3.05, 3.63) is 22.4 Å². The van der Waals surface area contributed by atoms with E-state index in [1.807, 2.05) is 0 Å². The first kappa shape index (κ1) is 9.32. The van der Waals surface area contributed by atoms with Crippen molar-refractivity contribution in [1.29, 1.82) is 0 Å². The second kappa shape index (κ2) is 3.76. The number of nitrogen functional groups attached to an aromatic ring is 1. The van der Waals surface area contributed by atoms with E-state index in [1.54, 1.807) is 6.92 Å². The van der Waals surface area contributed by atoms with Gasteiger partial charge in [0.1, 0.15) is 0 Å². The molecule has 0 heterocycles. The summed E-state index contributed by atoms with van der Waals surface area (Å²) in [6.07, 6.45) is 0. The third-order valence-corrected chi connectivity index (χ3v) is 2.04. The summed E-state index contributed by atoms with van der Waals surface area (Å²) < 4.78 is 18.5. The first-order valence-corrected chi connectivity index (χ1v) is 4.31.